The highest BCUT2D eigenvalue weighted by Crippen LogP contribution is 2.21. The van der Waals surface area contributed by atoms with Crippen molar-refractivity contribution in [1.29, 1.82) is 0 Å². The number of halogens is 2. The van der Waals surface area contributed by atoms with E-state index in [4.69, 9.17) is 5.11 Å². The molecule has 1 aromatic carbocycles. The zero-order chi connectivity index (χ0) is 13.1. The SMILES string of the molecule is CC(NCC(C)(O)CO)c1ccc(F)c(Br)c1. The van der Waals surface area contributed by atoms with Crippen molar-refractivity contribution in [2.75, 3.05) is 13.2 Å². The fourth-order valence-electron chi connectivity index (χ4n) is 1.33. The molecule has 0 amide bonds. The summed E-state index contributed by atoms with van der Waals surface area (Å²) in [6, 6.07) is 4.73. The fourth-order valence-corrected chi connectivity index (χ4v) is 1.72. The van der Waals surface area contributed by atoms with Gasteiger partial charge in [0.05, 0.1) is 16.7 Å². The Morgan fingerprint density at radius 3 is 2.71 bits per heavy atom. The summed E-state index contributed by atoms with van der Waals surface area (Å²) in [7, 11) is 0. The van der Waals surface area contributed by atoms with Gasteiger partial charge in [-0.2, -0.15) is 0 Å². The molecule has 3 nitrogen and oxygen atoms in total. The van der Waals surface area contributed by atoms with Crippen LogP contribution in [0.25, 0.3) is 0 Å². The van der Waals surface area contributed by atoms with Crippen LogP contribution >= 0.6 is 15.9 Å². The summed E-state index contributed by atoms with van der Waals surface area (Å²) in [5, 5.41) is 21.6. The summed E-state index contributed by atoms with van der Waals surface area (Å²) in [6.45, 7) is 3.42. The zero-order valence-corrected chi connectivity index (χ0v) is 11.5. The summed E-state index contributed by atoms with van der Waals surface area (Å²) in [5.74, 6) is -0.302. The van der Waals surface area contributed by atoms with Gasteiger partial charge in [-0.25, -0.2) is 4.39 Å². The van der Waals surface area contributed by atoms with Gasteiger partial charge in [0.25, 0.3) is 0 Å². The van der Waals surface area contributed by atoms with Gasteiger partial charge in [-0.05, 0) is 47.5 Å². The molecule has 3 N–H and O–H groups in total. The Bertz CT molecular complexity index is 385. The second-order valence-corrected chi connectivity index (χ2v) is 5.29. The highest BCUT2D eigenvalue weighted by Gasteiger charge is 2.20. The molecule has 0 aliphatic heterocycles. The first kappa shape index (κ1) is 14.6. The number of rotatable bonds is 5. The molecule has 0 fully saturated rings. The smallest absolute Gasteiger partial charge is 0.137 e. The average molecular weight is 306 g/mol. The molecular weight excluding hydrogens is 289 g/mol. The van der Waals surface area contributed by atoms with Crippen molar-refractivity contribution in [3.05, 3.63) is 34.1 Å². The number of aliphatic hydroxyl groups is 2. The van der Waals surface area contributed by atoms with E-state index in [1.165, 1.54) is 6.07 Å². The van der Waals surface area contributed by atoms with Crippen molar-refractivity contribution in [2.45, 2.75) is 25.5 Å². The summed E-state index contributed by atoms with van der Waals surface area (Å²) in [5.41, 5.74) is -0.238. The summed E-state index contributed by atoms with van der Waals surface area (Å²) in [4.78, 5) is 0. The number of benzene rings is 1. The Labute approximate surface area is 109 Å². The van der Waals surface area contributed by atoms with Crippen molar-refractivity contribution < 1.29 is 14.6 Å². The predicted molar refractivity (Wildman–Crippen MR) is 68.2 cm³/mol. The minimum Gasteiger partial charge on any atom is -0.393 e. The maximum atomic E-state index is 13.1. The standard InChI is InChI=1S/C12H17BrFNO2/c1-8(15-6-12(2,17)7-16)9-3-4-11(14)10(13)5-9/h3-5,8,15-17H,6-7H2,1-2H3. The molecule has 0 spiro atoms. The molecule has 0 saturated carbocycles. The average Bonchev–Trinajstić information content (AvgIpc) is 2.30. The molecule has 1 aromatic rings. The van der Waals surface area contributed by atoms with Gasteiger partial charge in [0.2, 0.25) is 0 Å². The van der Waals surface area contributed by atoms with Crippen molar-refractivity contribution in [3.63, 3.8) is 0 Å². The van der Waals surface area contributed by atoms with E-state index in [0.29, 0.717) is 4.47 Å². The van der Waals surface area contributed by atoms with E-state index in [2.05, 4.69) is 21.2 Å². The molecule has 17 heavy (non-hydrogen) atoms. The van der Waals surface area contributed by atoms with Crippen LogP contribution in [0.5, 0.6) is 0 Å². The molecule has 0 radical (unpaired) electrons. The largest absolute Gasteiger partial charge is 0.393 e. The van der Waals surface area contributed by atoms with Gasteiger partial charge in [0, 0.05) is 12.6 Å². The van der Waals surface area contributed by atoms with Crippen LogP contribution in [-0.4, -0.2) is 29.0 Å². The first-order valence-electron chi connectivity index (χ1n) is 5.37. The molecule has 2 unspecified atom stereocenters. The number of hydrogen-bond donors (Lipinski definition) is 3. The molecule has 96 valence electrons. The number of aliphatic hydroxyl groups excluding tert-OH is 1. The molecule has 0 aliphatic rings. The van der Waals surface area contributed by atoms with Crippen molar-refractivity contribution in [3.8, 4) is 0 Å². The molecule has 0 bridgehead atoms. The van der Waals surface area contributed by atoms with E-state index in [0.717, 1.165) is 5.56 Å². The minimum atomic E-state index is -1.15. The van der Waals surface area contributed by atoms with Crippen molar-refractivity contribution in [2.24, 2.45) is 0 Å². The maximum absolute atomic E-state index is 13.1. The lowest BCUT2D eigenvalue weighted by Gasteiger charge is -2.24. The lowest BCUT2D eigenvalue weighted by Crippen LogP contribution is -2.41. The van der Waals surface area contributed by atoms with Crippen LogP contribution in [0, 0.1) is 5.82 Å². The van der Waals surface area contributed by atoms with E-state index in [-0.39, 0.29) is 25.0 Å². The van der Waals surface area contributed by atoms with Crippen LogP contribution in [0.3, 0.4) is 0 Å². The first-order valence-corrected chi connectivity index (χ1v) is 6.16. The number of nitrogens with one attached hydrogen (secondary N) is 1. The van der Waals surface area contributed by atoms with Crippen LogP contribution in [-0.2, 0) is 0 Å². The predicted octanol–water partition coefficient (Wildman–Crippen LogP) is 1.98. The molecule has 1 rings (SSSR count). The molecular formula is C12H17BrFNO2. The van der Waals surface area contributed by atoms with Gasteiger partial charge in [0.1, 0.15) is 5.82 Å². The Kier molecular flexibility index (Phi) is 5.06. The van der Waals surface area contributed by atoms with Gasteiger partial charge >= 0.3 is 0 Å². The highest BCUT2D eigenvalue weighted by atomic mass is 79.9. The second-order valence-electron chi connectivity index (χ2n) is 4.43. The third kappa shape index (κ3) is 4.35. The Hall–Kier alpha value is -0.490. The quantitative estimate of drug-likeness (QED) is 0.780. The van der Waals surface area contributed by atoms with Gasteiger partial charge in [-0.3, -0.25) is 0 Å². The number of hydrogen-bond acceptors (Lipinski definition) is 3. The normalized spacial score (nSPS) is 16.6. The third-order valence-electron chi connectivity index (χ3n) is 2.57. The zero-order valence-electron chi connectivity index (χ0n) is 9.87. The Morgan fingerprint density at radius 1 is 1.53 bits per heavy atom. The van der Waals surface area contributed by atoms with Gasteiger partial charge < -0.3 is 15.5 Å². The molecule has 2 atom stereocenters. The fraction of sp³-hybridized carbons (Fsp3) is 0.500. The highest BCUT2D eigenvalue weighted by molar-refractivity contribution is 9.10. The maximum Gasteiger partial charge on any atom is 0.137 e. The lowest BCUT2D eigenvalue weighted by atomic mass is 10.1. The van der Waals surface area contributed by atoms with Gasteiger partial charge in [-0.15, -0.1) is 0 Å². The topological polar surface area (TPSA) is 52.5 Å². The Balaban J connectivity index is 2.64. The summed E-state index contributed by atoms with van der Waals surface area (Å²) >= 11 is 3.13. The molecule has 0 aromatic heterocycles. The van der Waals surface area contributed by atoms with E-state index >= 15 is 0 Å². The van der Waals surface area contributed by atoms with E-state index in [1.54, 1.807) is 19.1 Å². The van der Waals surface area contributed by atoms with Gasteiger partial charge in [0.15, 0.2) is 0 Å². The Morgan fingerprint density at radius 2 is 2.18 bits per heavy atom. The van der Waals surface area contributed by atoms with E-state index in [1.807, 2.05) is 6.92 Å². The minimum absolute atomic E-state index is 0.0371. The first-order chi connectivity index (χ1) is 7.85. The third-order valence-corrected chi connectivity index (χ3v) is 3.18. The molecule has 0 saturated heterocycles. The molecule has 5 heteroatoms. The van der Waals surface area contributed by atoms with Crippen LogP contribution in [0.2, 0.25) is 0 Å². The monoisotopic (exact) mass is 305 g/mol. The second kappa shape index (κ2) is 5.91. The van der Waals surface area contributed by atoms with E-state index in [9.17, 15) is 9.50 Å². The summed E-state index contributed by atoms with van der Waals surface area (Å²) < 4.78 is 13.5. The lowest BCUT2D eigenvalue weighted by molar-refractivity contribution is 0.00106. The van der Waals surface area contributed by atoms with Gasteiger partial charge in [-0.1, -0.05) is 6.07 Å². The molecule has 0 heterocycles. The van der Waals surface area contributed by atoms with Crippen LogP contribution < -0.4 is 5.32 Å². The van der Waals surface area contributed by atoms with Crippen LogP contribution in [0.1, 0.15) is 25.5 Å². The van der Waals surface area contributed by atoms with Crippen LogP contribution in [0.15, 0.2) is 22.7 Å². The van der Waals surface area contributed by atoms with Crippen molar-refractivity contribution >= 4 is 15.9 Å². The van der Waals surface area contributed by atoms with Crippen LogP contribution in [0.4, 0.5) is 4.39 Å². The molecule has 0 aliphatic carbocycles. The van der Waals surface area contributed by atoms with E-state index < -0.39 is 5.60 Å². The van der Waals surface area contributed by atoms with Crippen molar-refractivity contribution in [1.82, 2.24) is 5.32 Å². The summed E-state index contributed by atoms with van der Waals surface area (Å²) in [6.07, 6.45) is 0.